The molecule has 0 saturated carbocycles. The Hall–Kier alpha value is -1.44. The first kappa shape index (κ1) is 14.6. The average Bonchev–Trinajstić information content (AvgIpc) is 2.18. The number of hydrogen-bond acceptors (Lipinski definition) is 4. The summed E-state index contributed by atoms with van der Waals surface area (Å²) in [6, 6.07) is 7.42. The highest BCUT2D eigenvalue weighted by atomic mass is 32.2. The fourth-order valence-electron chi connectivity index (χ4n) is 0.592. The van der Waals surface area contributed by atoms with Gasteiger partial charge in [-0.2, -0.15) is 8.42 Å². The summed E-state index contributed by atoms with van der Waals surface area (Å²) in [5, 5.41) is 15.8. The van der Waals surface area contributed by atoms with Crippen LogP contribution in [0, 0.1) is 0 Å². The highest BCUT2D eigenvalue weighted by Crippen LogP contribution is 2.05. The Labute approximate surface area is 92.9 Å². The molecule has 0 fully saturated rings. The molecule has 0 aliphatic heterocycles. The van der Waals surface area contributed by atoms with E-state index < -0.39 is 22.2 Å². The first-order valence-electron chi connectivity index (χ1n) is 4.18. The summed E-state index contributed by atoms with van der Waals surface area (Å²) in [4.78, 5) is 9.38. The third-order valence-corrected chi connectivity index (χ3v) is 2.27. The number of aliphatic hydroxyl groups excluding tert-OH is 1. The number of carboxylic acid groups (broad SMARTS) is 1. The number of aliphatic carboxylic acids is 1. The molecule has 0 amide bonds. The second-order valence-corrected chi connectivity index (χ2v) is 4.22. The van der Waals surface area contributed by atoms with Gasteiger partial charge in [0.05, 0.1) is 4.90 Å². The van der Waals surface area contributed by atoms with Crippen LogP contribution < -0.4 is 0 Å². The van der Waals surface area contributed by atoms with Gasteiger partial charge in [0.15, 0.2) is 0 Å². The highest BCUT2D eigenvalue weighted by Gasteiger charge is 2.05. The summed E-state index contributed by atoms with van der Waals surface area (Å²) in [6.45, 7) is 1.20. The Kier molecular flexibility index (Phi) is 5.65. The van der Waals surface area contributed by atoms with E-state index in [1.165, 1.54) is 19.1 Å². The van der Waals surface area contributed by atoms with E-state index in [1.54, 1.807) is 18.2 Å². The minimum atomic E-state index is -4.00. The van der Waals surface area contributed by atoms with Crippen LogP contribution in [0.25, 0.3) is 0 Å². The summed E-state index contributed by atoms with van der Waals surface area (Å²) in [6.07, 6.45) is -1.23. The van der Waals surface area contributed by atoms with Crippen molar-refractivity contribution in [2.24, 2.45) is 0 Å². The molecule has 0 aliphatic carbocycles. The molecule has 0 radical (unpaired) electrons. The molecule has 0 heterocycles. The monoisotopic (exact) mass is 248 g/mol. The second kappa shape index (κ2) is 6.21. The molecule has 1 aromatic rings. The molecule has 0 aliphatic rings. The van der Waals surface area contributed by atoms with Gasteiger partial charge in [-0.1, -0.05) is 18.2 Å². The van der Waals surface area contributed by atoms with Crippen LogP contribution in [0.3, 0.4) is 0 Å². The van der Waals surface area contributed by atoms with Gasteiger partial charge in [-0.3, -0.25) is 4.55 Å². The van der Waals surface area contributed by atoms with Crippen molar-refractivity contribution in [3.05, 3.63) is 30.3 Å². The summed E-state index contributed by atoms with van der Waals surface area (Å²) < 4.78 is 29.2. The zero-order valence-electron chi connectivity index (χ0n) is 8.44. The number of aliphatic hydroxyl groups is 1. The Bertz CT molecular complexity index is 423. The molecule has 1 atom stereocenters. The molecular formula is C9H12O6S. The van der Waals surface area contributed by atoms with E-state index in [1.807, 2.05) is 0 Å². The van der Waals surface area contributed by atoms with Crippen LogP contribution in [0.1, 0.15) is 6.92 Å². The van der Waals surface area contributed by atoms with Gasteiger partial charge in [-0.15, -0.1) is 0 Å². The van der Waals surface area contributed by atoms with Crippen LogP contribution in [0.15, 0.2) is 35.2 Å². The minimum Gasteiger partial charge on any atom is -0.479 e. The van der Waals surface area contributed by atoms with E-state index in [-0.39, 0.29) is 4.90 Å². The molecule has 3 N–H and O–H groups in total. The predicted octanol–water partition coefficient (Wildman–Crippen LogP) is 0.385. The van der Waals surface area contributed by atoms with Crippen molar-refractivity contribution < 1.29 is 28.0 Å². The SMILES string of the molecule is CC(O)C(=O)O.O=S(=O)(O)c1ccccc1. The second-order valence-electron chi connectivity index (χ2n) is 2.80. The van der Waals surface area contributed by atoms with Gasteiger partial charge in [0, 0.05) is 0 Å². The van der Waals surface area contributed by atoms with E-state index >= 15 is 0 Å². The van der Waals surface area contributed by atoms with Crippen molar-refractivity contribution >= 4 is 16.1 Å². The van der Waals surface area contributed by atoms with Crippen molar-refractivity contribution in [1.82, 2.24) is 0 Å². The van der Waals surface area contributed by atoms with Gasteiger partial charge in [-0.25, -0.2) is 4.79 Å². The van der Waals surface area contributed by atoms with Crippen LogP contribution in [-0.4, -0.2) is 35.3 Å². The van der Waals surface area contributed by atoms with Gasteiger partial charge in [0.25, 0.3) is 10.1 Å². The van der Waals surface area contributed by atoms with E-state index in [4.69, 9.17) is 14.8 Å². The Morgan fingerprint density at radius 2 is 1.62 bits per heavy atom. The van der Waals surface area contributed by atoms with Gasteiger partial charge in [0.1, 0.15) is 6.10 Å². The fraction of sp³-hybridized carbons (Fsp3) is 0.222. The molecule has 0 saturated heterocycles. The standard InChI is InChI=1S/C6H6O3S.C3H6O3/c7-10(8,9)6-4-2-1-3-5-6;1-2(4)3(5)6/h1-5H,(H,7,8,9);2,4H,1H3,(H,5,6). The van der Waals surface area contributed by atoms with Crippen molar-refractivity contribution in [3.63, 3.8) is 0 Å². The maximum atomic E-state index is 10.4. The fourth-order valence-corrected chi connectivity index (χ4v) is 1.09. The van der Waals surface area contributed by atoms with E-state index in [0.717, 1.165) is 0 Å². The highest BCUT2D eigenvalue weighted by molar-refractivity contribution is 7.85. The summed E-state index contributed by atoms with van der Waals surface area (Å²) in [5.41, 5.74) is 0. The maximum Gasteiger partial charge on any atom is 0.332 e. The normalized spacial score (nSPS) is 12.2. The van der Waals surface area contributed by atoms with Crippen LogP contribution in [0.2, 0.25) is 0 Å². The molecule has 90 valence electrons. The van der Waals surface area contributed by atoms with E-state index in [9.17, 15) is 13.2 Å². The molecule has 7 heteroatoms. The lowest BCUT2D eigenvalue weighted by Gasteiger charge is -1.92. The topological polar surface area (TPSA) is 112 Å². The third-order valence-electron chi connectivity index (χ3n) is 1.40. The van der Waals surface area contributed by atoms with Gasteiger partial charge < -0.3 is 10.2 Å². The number of carbonyl (C=O) groups is 1. The zero-order valence-corrected chi connectivity index (χ0v) is 9.26. The zero-order chi connectivity index (χ0) is 12.8. The molecule has 1 rings (SSSR count). The molecule has 1 unspecified atom stereocenters. The van der Waals surface area contributed by atoms with Crippen LogP contribution in [-0.2, 0) is 14.9 Å². The molecule has 0 aromatic heterocycles. The Balaban J connectivity index is 0.000000325. The quantitative estimate of drug-likeness (QED) is 0.652. The third kappa shape index (κ3) is 6.12. The van der Waals surface area contributed by atoms with Crippen molar-refractivity contribution in [2.75, 3.05) is 0 Å². The number of carboxylic acids is 1. The lowest BCUT2D eigenvalue weighted by Crippen LogP contribution is -2.13. The first-order chi connectivity index (χ1) is 7.25. The lowest BCUT2D eigenvalue weighted by atomic mass is 10.4. The Morgan fingerprint density at radius 1 is 1.25 bits per heavy atom. The smallest absolute Gasteiger partial charge is 0.332 e. The number of hydrogen-bond donors (Lipinski definition) is 3. The molecule has 16 heavy (non-hydrogen) atoms. The lowest BCUT2D eigenvalue weighted by molar-refractivity contribution is -0.145. The van der Waals surface area contributed by atoms with E-state index in [2.05, 4.69) is 0 Å². The van der Waals surface area contributed by atoms with Crippen LogP contribution in [0.4, 0.5) is 0 Å². The predicted molar refractivity (Wildman–Crippen MR) is 55.6 cm³/mol. The molecule has 6 nitrogen and oxygen atoms in total. The van der Waals surface area contributed by atoms with Crippen LogP contribution in [0.5, 0.6) is 0 Å². The molecule has 0 bridgehead atoms. The molecule has 0 spiro atoms. The van der Waals surface area contributed by atoms with E-state index in [0.29, 0.717) is 0 Å². The van der Waals surface area contributed by atoms with Crippen molar-refractivity contribution in [2.45, 2.75) is 17.9 Å². The number of benzene rings is 1. The number of rotatable bonds is 2. The summed E-state index contributed by atoms with van der Waals surface area (Å²) >= 11 is 0. The van der Waals surface area contributed by atoms with Crippen molar-refractivity contribution in [1.29, 1.82) is 0 Å². The average molecular weight is 248 g/mol. The largest absolute Gasteiger partial charge is 0.479 e. The molecular weight excluding hydrogens is 236 g/mol. The Morgan fingerprint density at radius 3 is 1.81 bits per heavy atom. The molecule has 1 aromatic carbocycles. The van der Waals surface area contributed by atoms with Crippen molar-refractivity contribution in [3.8, 4) is 0 Å². The van der Waals surface area contributed by atoms with Gasteiger partial charge in [0.2, 0.25) is 0 Å². The van der Waals surface area contributed by atoms with Crippen LogP contribution >= 0.6 is 0 Å². The summed E-state index contributed by atoms with van der Waals surface area (Å²) in [7, 11) is -4.00. The van der Waals surface area contributed by atoms with Gasteiger partial charge >= 0.3 is 5.97 Å². The summed E-state index contributed by atoms with van der Waals surface area (Å²) in [5.74, 6) is -1.19. The maximum absolute atomic E-state index is 10.4. The van der Waals surface area contributed by atoms with Gasteiger partial charge in [-0.05, 0) is 19.1 Å². The first-order valence-corrected chi connectivity index (χ1v) is 5.62. The minimum absolute atomic E-state index is 0.0741.